The highest BCUT2D eigenvalue weighted by Crippen LogP contribution is 2.28. The van der Waals surface area contributed by atoms with Crippen LogP contribution in [-0.2, 0) is 6.42 Å². The van der Waals surface area contributed by atoms with Gasteiger partial charge in [-0.2, -0.15) is 5.10 Å². The molecule has 20 heavy (non-hydrogen) atoms. The van der Waals surface area contributed by atoms with Crippen LogP contribution in [0.2, 0.25) is 5.15 Å². The third-order valence-corrected chi connectivity index (χ3v) is 3.76. The Morgan fingerprint density at radius 3 is 2.35 bits per heavy atom. The summed E-state index contributed by atoms with van der Waals surface area (Å²) in [7, 11) is 0. The van der Waals surface area contributed by atoms with Crippen molar-refractivity contribution in [2.45, 2.75) is 40.5 Å². The summed E-state index contributed by atoms with van der Waals surface area (Å²) < 4.78 is 1.69. The Morgan fingerprint density at radius 2 is 1.85 bits per heavy atom. The molecule has 0 radical (unpaired) electrons. The molecule has 2 rings (SSSR count). The smallest absolute Gasteiger partial charge is 0.155 e. The van der Waals surface area contributed by atoms with E-state index in [1.165, 1.54) is 5.56 Å². The number of aromatic nitrogens is 2. The third kappa shape index (κ3) is 2.50. The molecule has 0 atom stereocenters. The number of halogens is 1. The number of rotatable bonds is 4. The molecule has 0 bridgehead atoms. The van der Waals surface area contributed by atoms with E-state index in [9.17, 15) is 4.79 Å². The maximum absolute atomic E-state index is 11.3. The van der Waals surface area contributed by atoms with Gasteiger partial charge in [-0.15, -0.1) is 0 Å². The van der Waals surface area contributed by atoms with Crippen LogP contribution < -0.4 is 0 Å². The average molecular weight is 291 g/mol. The molecule has 3 nitrogen and oxygen atoms in total. The Balaban J connectivity index is 2.67. The van der Waals surface area contributed by atoms with Crippen LogP contribution in [0.25, 0.3) is 5.69 Å². The lowest BCUT2D eigenvalue weighted by molar-refractivity contribution is 0.112. The number of nitrogens with zero attached hydrogens (tertiary/aromatic N) is 2. The predicted octanol–water partition coefficient (Wildman–Crippen LogP) is 4.22. The lowest BCUT2D eigenvalue weighted by Crippen LogP contribution is -2.03. The first-order chi connectivity index (χ1) is 9.49. The topological polar surface area (TPSA) is 34.9 Å². The lowest BCUT2D eigenvalue weighted by atomic mass is 10.1. The van der Waals surface area contributed by atoms with Gasteiger partial charge in [0.25, 0.3) is 0 Å². The van der Waals surface area contributed by atoms with Crippen molar-refractivity contribution in [1.29, 1.82) is 0 Å². The van der Waals surface area contributed by atoms with Crippen molar-refractivity contribution < 1.29 is 4.79 Å². The minimum atomic E-state index is 0.401. The zero-order valence-electron chi connectivity index (χ0n) is 12.3. The molecule has 4 heteroatoms. The number of carbonyl (C=O) groups excluding carboxylic acids is 1. The van der Waals surface area contributed by atoms with Crippen LogP contribution in [0.4, 0.5) is 0 Å². The average Bonchev–Trinajstić information content (AvgIpc) is 2.65. The van der Waals surface area contributed by atoms with E-state index in [2.05, 4.69) is 31.1 Å². The van der Waals surface area contributed by atoms with Gasteiger partial charge in [-0.05, 0) is 38.3 Å². The molecule has 0 amide bonds. The van der Waals surface area contributed by atoms with Crippen LogP contribution >= 0.6 is 11.6 Å². The summed E-state index contributed by atoms with van der Waals surface area (Å²) in [6, 6.07) is 4.20. The first-order valence-corrected chi connectivity index (χ1v) is 7.18. The molecule has 1 heterocycles. The van der Waals surface area contributed by atoms with Gasteiger partial charge in [0.1, 0.15) is 5.15 Å². The Labute approximate surface area is 124 Å². The highest BCUT2D eigenvalue weighted by atomic mass is 35.5. The standard InChI is InChI=1S/C16H19ClN2O/c1-5-6-14-13(9-20)16(17)19(18-14)15-11(3)7-10(2)8-12(15)4/h7-9H,5-6H2,1-4H3. The number of aldehydes is 1. The fourth-order valence-corrected chi connectivity index (χ4v) is 2.92. The van der Waals surface area contributed by atoms with E-state index in [0.29, 0.717) is 10.7 Å². The molecule has 1 aromatic carbocycles. The first kappa shape index (κ1) is 14.8. The molecule has 0 aliphatic rings. The number of hydrogen-bond acceptors (Lipinski definition) is 2. The van der Waals surface area contributed by atoms with Crippen LogP contribution in [0.15, 0.2) is 12.1 Å². The molecule has 0 saturated carbocycles. The predicted molar refractivity (Wildman–Crippen MR) is 82.2 cm³/mol. The zero-order valence-corrected chi connectivity index (χ0v) is 13.1. The molecular weight excluding hydrogens is 272 g/mol. The fourth-order valence-electron chi connectivity index (χ4n) is 2.64. The normalized spacial score (nSPS) is 10.8. The van der Waals surface area contributed by atoms with E-state index < -0.39 is 0 Å². The zero-order chi connectivity index (χ0) is 14.9. The molecular formula is C16H19ClN2O. The Kier molecular flexibility index (Phi) is 4.29. The van der Waals surface area contributed by atoms with Gasteiger partial charge in [-0.25, -0.2) is 4.68 Å². The SMILES string of the molecule is CCCc1nn(-c2c(C)cc(C)cc2C)c(Cl)c1C=O. The Bertz CT molecular complexity index is 636. The third-order valence-electron chi connectivity index (χ3n) is 3.39. The molecule has 1 aromatic heterocycles. The van der Waals surface area contributed by atoms with Gasteiger partial charge in [0.2, 0.25) is 0 Å². The van der Waals surface area contributed by atoms with Crippen molar-refractivity contribution >= 4 is 17.9 Å². The molecule has 0 fully saturated rings. The van der Waals surface area contributed by atoms with E-state index >= 15 is 0 Å². The van der Waals surface area contributed by atoms with E-state index in [0.717, 1.165) is 41.6 Å². The quantitative estimate of drug-likeness (QED) is 0.790. The van der Waals surface area contributed by atoms with E-state index in [4.69, 9.17) is 11.6 Å². The van der Waals surface area contributed by atoms with E-state index in [1.54, 1.807) is 4.68 Å². The second-order valence-electron chi connectivity index (χ2n) is 5.18. The molecule has 0 saturated heterocycles. The molecule has 0 unspecified atom stereocenters. The number of hydrogen-bond donors (Lipinski definition) is 0. The van der Waals surface area contributed by atoms with E-state index in [-0.39, 0.29) is 0 Å². The largest absolute Gasteiger partial charge is 0.298 e. The van der Waals surface area contributed by atoms with Crippen LogP contribution in [0.3, 0.4) is 0 Å². The Hall–Kier alpha value is -1.61. The van der Waals surface area contributed by atoms with Crippen molar-refractivity contribution in [2.75, 3.05) is 0 Å². The molecule has 2 aromatic rings. The monoisotopic (exact) mass is 290 g/mol. The highest BCUT2D eigenvalue weighted by Gasteiger charge is 2.18. The number of aryl methyl sites for hydroxylation is 4. The minimum absolute atomic E-state index is 0.401. The summed E-state index contributed by atoms with van der Waals surface area (Å²) in [5.74, 6) is 0. The minimum Gasteiger partial charge on any atom is -0.298 e. The lowest BCUT2D eigenvalue weighted by Gasteiger charge is -2.12. The molecule has 0 aliphatic carbocycles. The van der Waals surface area contributed by atoms with Crippen LogP contribution in [0, 0.1) is 20.8 Å². The molecule has 0 aliphatic heterocycles. The van der Waals surface area contributed by atoms with Crippen molar-refractivity contribution in [2.24, 2.45) is 0 Å². The summed E-state index contributed by atoms with van der Waals surface area (Å²) >= 11 is 6.35. The maximum atomic E-state index is 11.3. The summed E-state index contributed by atoms with van der Waals surface area (Å²) in [4.78, 5) is 11.3. The maximum Gasteiger partial charge on any atom is 0.155 e. The second kappa shape index (κ2) is 5.80. The number of carbonyl (C=O) groups is 1. The van der Waals surface area contributed by atoms with Crippen molar-refractivity contribution in [1.82, 2.24) is 9.78 Å². The van der Waals surface area contributed by atoms with Gasteiger partial charge in [-0.1, -0.05) is 42.6 Å². The van der Waals surface area contributed by atoms with Crippen LogP contribution in [0.5, 0.6) is 0 Å². The summed E-state index contributed by atoms with van der Waals surface area (Å²) in [5, 5.41) is 4.95. The first-order valence-electron chi connectivity index (χ1n) is 6.80. The van der Waals surface area contributed by atoms with Gasteiger partial charge in [0.15, 0.2) is 6.29 Å². The van der Waals surface area contributed by atoms with Gasteiger partial charge < -0.3 is 0 Å². The van der Waals surface area contributed by atoms with Crippen LogP contribution in [0.1, 0.15) is 46.1 Å². The fraction of sp³-hybridized carbons (Fsp3) is 0.375. The van der Waals surface area contributed by atoms with Gasteiger partial charge in [-0.3, -0.25) is 4.79 Å². The van der Waals surface area contributed by atoms with Gasteiger partial charge >= 0.3 is 0 Å². The molecule has 0 N–H and O–H groups in total. The highest BCUT2D eigenvalue weighted by molar-refractivity contribution is 6.32. The number of benzene rings is 1. The van der Waals surface area contributed by atoms with Gasteiger partial charge in [0.05, 0.1) is 16.9 Å². The summed E-state index contributed by atoms with van der Waals surface area (Å²) in [5.41, 5.74) is 5.65. The summed E-state index contributed by atoms with van der Waals surface area (Å²) in [6.45, 7) is 8.19. The van der Waals surface area contributed by atoms with Crippen LogP contribution in [-0.4, -0.2) is 16.1 Å². The second-order valence-corrected chi connectivity index (χ2v) is 5.54. The van der Waals surface area contributed by atoms with Crippen molar-refractivity contribution in [3.63, 3.8) is 0 Å². The van der Waals surface area contributed by atoms with Gasteiger partial charge in [0, 0.05) is 0 Å². The Morgan fingerprint density at radius 1 is 1.25 bits per heavy atom. The van der Waals surface area contributed by atoms with E-state index in [1.807, 2.05) is 13.8 Å². The van der Waals surface area contributed by atoms with Crippen molar-refractivity contribution in [3.8, 4) is 5.69 Å². The molecule has 0 spiro atoms. The summed E-state index contributed by atoms with van der Waals surface area (Å²) in [6.07, 6.45) is 2.49. The molecule has 106 valence electrons. The van der Waals surface area contributed by atoms with Crippen molar-refractivity contribution in [3.05, 3.63) is 45.2 Å².